The van der Waals surface area contributed by atoms with E-state index in [0.29, 0.717) is 11.8 Å². The molecule has 0 spiro atoms. The molecule has 0 heterocycles. The lowest BCUT2D eigenvalue weighted by atomic mass is 9.83. The Bertz CT molecular complexity index is 203. The fraction of sp³-hybridized carbons (Fsp3) is 0.923. The third-order valence-corrected chi connectivity index (χ3v) is 3.11. The molecule has 0 rings (SSSR count). The van der Waals surface area contributed by atoms with Crippen LogP contribution in [-0.2, 0) is 9.53 Å². The van der Waals surface area contributed by atoms with Gasteiger partial charge in [-0.25, -0.2) is 0 Å². The lowest BCUT2D eigenvalue weighted by Crippen LogP contribution is -2.32. The van der Waals surface area contributed by atoms with Gasteiger partial charge in [0, 0.05) is 0 Å². The van der Waals surface area contributed by atoms with E-state index in [-0.39, 0.29) is 17.5 Å². The van der Waals surface area contributed by atoms with Crippen LogP contribution in [0.2, 0.25) is 0 Å². The molecule has 2 heteroatoms. The van der Waals surface area contributed by atoms with Crippen molar-refractivity contribution in [2.45, 2.75) is 60.5 Å². The Morgan fingerprint density at radius 3 is 2.00 bits per heavy atom. The summed E-state index contributed by atoms with van der Waals surface area (Å²) in [7, 11) is 0. The molecule has 3 atom stereocenters. The van der Waals surface area contributed by atoms with E-state index >= 15 is 0 Å². The molecule has 0 bridgehead atoms. The molecule has 0 radical (unpaired) electrons. The van der Waals surface area contributed by atoms with Crippen molar-refractivity contribution in [1.82, 2.24) is 0 Å². The van der Waals surface area contributed by atoms with Crippen LogP contribution >= 0.6 is 0 Å². The summed E-state index contributed by atoms with van der Waals surface area (Å²) in [5.74, 6) is 0.854. The van der Waals surface area contributed by atoms with E-state index in [0.717, 1.165) is 6.42 Å². The van der Waals surface area contributed by atoms with Crippen molar-refractivity contribution in [3.8, 4) is 0 Å². The Hall–Kier alpha value is -0.530. The van der Waals surface area contributed by atoms with Crippen LogP contribution in [0, 0.1) is 17.8 Å². The Balaban J connectivity index is 4.32. The Morgan fingerprint density at radius 2 is 1.67 bits per heavy atom. The molecule has 0 aromatic carbocycles. The molecule has 0 N–H and O–H groups in total. The summed E-state index contributed by atoms with van der Waals surface area (Å²) in [4.78, 5) is 11.8. The molecule has 3 unspecified atom stereocenters. The molecule has 90 valence electrons. The summed E-state index contributed by atoms with van der Waals surface area (Å²) in [6.07, 6.45) is 1.11. The number of ether oxygens (including phenoxy) is 1. The van der Waals surface area contributed by atoms with Gasteiger partial charge in [-0.15, -0.1) is 0 Å². The lowest BCUT2D eigenvalue weighted by Gasteiger charge is -2.27. The van der Waals surface area contributed by atoms with E-state index < -0.39 is 0 Å². The zero-order valence-corrected chi connectivity index (χ0v) is 11.3. The number of hydrogen-bond donors (Lipinski definition) is 0. The van der Waals surface area contributed by atoms with Crippen molar-refractivity contribution in [3.05, 3.63) is 0 Å². The highest BCUT2D eigenvalue weighted by Gasteiger charge is 2.28. The first-order chi connectivity index (χ1) is 6.69. The second-order valence-electron chi connectivity index (χ2n) is 5.57. The maximum atomic E-state index is 11.8. The quantitative estimate of drug-likeness (QED) is 0.668. The summed E-state index contributed by atoms with van der Waals surface area (Å²) in [6, 6.07) is 0. The van der Waals surface area contributed by atoms with Gasteiger partial charge in [0.2, 0.25) is 0 Å². The van der Waals surface area contributed by atoms with Crippen LogP contribution < -0.4 is 0 Å². The van der Waals surface area contributed by atoms with Crippen molar-refractivity contribution >= 4 is 5.97 Å². The number of carbonyl (C=O) groups excluding carboxylic acids is 1. The van der Waals surface area contributed by atoms with E-state index in [2.05, 4.69) is 20.8 Å². The lowest BCUT2D eigenvalue weighted by molar-refractivity contribution is -0.161. The highest BCUT2D eigenvalue weighted by atomic mass is 16.6. The normalized spacial score (nSPS) is 18.1. The molecule has 2 nitrogen and oxygen atoms in total. The van der Waals surface area contributed by atoms with Crippen LogP contribution in [0.1, 0.15) is 54.9 Å². The molecule has 0 aromatic heterocycles. The predicted octanol–water partition coefficient (Wildman–Crippen LogP) is 3.65. The Morgan fingerprint density at radius 1 is 1.20 bits per heavy atom. The summed E-state index contributed by atoms with van der Waals surface area (Å²) in [6.45, 7) is 14.2. The standard InChI is InChI=1S/C13H26O2/c1-8-9(2)10(3)11(4)12(14)15-13(5,6)7/h9-11H,8H2,1-7H3. The SMILES string of the molecule is CCC(C)C(C)C(C)C(=O)OC(C)(C)C. The molecule has 0 saturated heterocycles. The van der Waals surface area contributed by atoms with Gasteiger partial charge in [0.15, 0.2) is 0 Å². The fourth-order valence-electron chi connectivity index (χ4n) is 1.47. The molecule has 0 aliphatic carbocycles. The van der Waals surface area contributed by atoms with Crippen molar-refractivity contribution in [1.29, 1.82) is 0 Å². The molecule has 0 amide bonds. The van der Waals surface area contributed by atoms with Crippen LogP contribution in [0.15, 0.2) is 0 Å². The number of esters is 1. The number of carbonyl (C=O) groups is 1. The highest BCUT2D eigenvalue weighted by molar-refractivity contribution is 5.72. The van der Waals surface area contributed by atoms with Crippen molar-refractivity contribution < 1.29 is 9.53 Å². The summed E-state index contributed by atoms with van der Waals surface area (Å²) < 4.78 is 5.38. The van der Waals surface area contributed by atoms with Crippen molar-refractivity contribution in [2.24, 2.45) is 17.8 Å². The highest BCUT2D eigenvalue weighted by Crippen LogP contribution is 2.25. The second-order valence-corrected chi connectivity index (χ2v) is 5.57. The van der Waals surface area contributed by atoms with E-state index in [1.165, 1.54) is 0 Å². The van der Waals surface area contributed by atoms with Gasteiger partial charge in [-0.05, 0) is 32.6 Å². The van der Waals surface area contributed by atoms with Gasteiger partial charge in [-0.2, -0.15) is 0 Å². The van der Waals surface area contributed by atoms with E-state index in [1.807, 2.05) is 27.7 Å². The topological polar surface area (TPSA) is 26.3 Å². The number of rotatable bonds is 4. The van der Waals surface area contributed by atoms with Crippen LogP contribution in [0.3, 0.4) is 0 Å². The summed E-state index contributed by atoms with van der Waals surface area (Å²) in [5, 5.41) is 0. The fourth-order valence-corrected chi connectivity index (χ4v) is 1.47. The zero-order chi connectivity index (χ0) is 12.2. The minimum atomic E-state index is -0.374. The van der Waals surface area contributed by atoms with E-state index in [9.17, 15) is 4.79 Å². The van der Waals surface area contributed by atoms with Crippen LogP contribution in [0.5, 0.6) is 0 Å². The molecular formula is C13H26O2. The average molecular weight is 214 g/mol. The van der Waals surface area contributed by atoms with Crippen LogP contribution in [0.25, 0.3) is 0 Å². The van der Waals surface area contributed by atoms with Crippen molar-refractivity contribution in [2.75, 3.05) is 0 Å². The minimum absolute atomic E-state index is 0.0147. The van der Waals surface area contributed by atoms with Gasteiger partial charge >= 0.3 is 5.97 Å². The maximum Gasteiger partial charge on any atom is 0.309 e. The van der Waals surface area contributed by atoms with Gasteiger partial charge in [-0.3, -0.25) is 4.79 Å². The molecule has 0 aliphatic rings. The minimum Gasteiger partial charge on any atom is -0.460 e. The first-order valence-corrected chi connectivity index (χ1v) is 5.92. The molecule has 15 heavy (non-hydrogen) atoms. The Labute approximate surface area is 94.4 Å². The first-order valence-electron chi connectivity index (χ1n) is 5.92. The second kappa shape index (κ2) is 5.53. The van der Waals surface area contributed by atoms with E-state index in [1.54, 1.807) is 0 Å². The number of hydrogen-bond acceptors (Lipinski definition) is 2. The summed E-state index contributed by atoms with van der Waals surface area (Å²) >= 11 is 0. The molecule has 0 saturated carbocycles. The van der Waals surface area contributed by atoms with Gasteiger partial charge < -0.3 is 4.74 Å². The smallest absolute Gasteiger partial charge is 0.309 e. The molecule has 0 aromatic rings. The van der Waals surface area contributed by atoms with Gasteiger partial charge in [0.05, 0.1) is 5.92 Å². The third-order valence-electron chi connectivity index (χ3n) is 3.11. The van der Waals surface area contributed by atoms with Gasteiger partial charge in [0.25, 0.3) is 0 Å². The molecular weight excluding hydrogens is 188 g/mol. The van der Waals surface area contributed by atoms with Gasteiger partial charge in [-0.1, -0.05) is 34.1 Å². The third kappa shape index (κ3) is 5.19. The van der Waals surface area contributed by atoms with Crippen LogP contribution in [-0.4, -0.2) is 11.6 Å². The average Bonchev–Trinajstić information content (AvgIpc) is 2.11. The molecule has 0 fully saturated rings. The molecule has 0 aliphatic heterocycles. The Kier molecular flexibility index (Phi) is 5.33. The predicted molar refractivity (Wildman–Crippen MR) is 63.6 cm³/mol. The first kappa shape index (κ1) is 14.5. The van der Waals surface area contributed by atoms with Gasteiger partial charge in [0.1, 0.15) is 5.60 Å². The van der Waals surface area contributed by atoms with Crippen LogP contribution in [0.4, 0.5) is 0 Å². The summed E-state index contributed by atoms with van der Waals surface area (Å²) in [5.41, 5.74) is -0.374. The van der Waals surface area contributed by atoms with E-state index in [4.69, 9.17) is 4.74 Å². The van der Waals surface area contributed by atoms with Crippen molar-refractivity contribution in [3.63, 3.8) is 0 Å². The zero-order valence-electron chi connectivity index (χ0n) is 11.3. The maximum absolute atomic E-state index is 11.8. The largest absolute Gasteiger partial charge is 0.460 e. The monoisotopic (exact) mass is 214 g/mol.